The van der Waals surface area contributed by atoms with Gasteiger partial charge in [0.2, 0.25) is 23.6 Å². The maximum Gasteiger partial charge on any atom is 0.249 e. The first-order chi connectivity index (χ1) is 24.8. The quantitative estimate of drug-likeness (QED) is 0.167. The minimum Gasteiger partial charge on any atom is -0.469 e. The van der Waals surface area contributed by atoms with Crippen molar-refractivity contribution in [3.8, 4) is 39.8 Å². The van der Waals surface area contributed by atoms with Crippen molar-refractivity contribution in [2.24, 2.45) is 17.8 Å². The summed E-state index contributed by atoms with van der Waals surface area (Å²) in [4.78, 5) is 40.8. The van der Waals surface area contributed by atoms with Gasteiger partial charge in [-0.2, -0.15) is 0 Å². The third-order valence-corrected chi connectivity index (χ3v) is 11.6. The van der Waals surface area contributed by atoms with E-state index in [-0.39, 0.29) is 23.7 Å². The molecular weight excluding hydrogens is 644 g/mol. The van der Waals surface area contributed by atoms with E-state index in [1.165, 1.54) is 0 Å². The Morgan fingerprint density at radius 1 is 1.02 bits per heavy atom. The van der Waals surface area contributed by atoms with Crippen LogP contribution in [0.1, 0.15) is 61.6 Å². The topological polar surface area (TPSA) is 147 Å². The number of ether oxygens (including phenoxy) is 1. The molecule has 51 heavy (non-hydrogen) atoms. The molecule has 7 heterocycles. The number of anilines is 1. The van der Waals surface area contributed by atoms with Gasteiger partial charge in [0.05, 0.1) is 6.20 Å². The number of amides is 2. The number of hydrogen-bond donors (Lipinski definition) is 4. The molecule has 11 heteroatoms. The Bertz CT molecular complexity index is 2490. The molecule has 11 nitrogen and oxygen atoms in total. The molecule has 6 atom stereocenters. The molecule has 1 saturated carbocycles. The molecule has 5 aliphatic rings. The lowest BCUT2D eigenvalue weighted by atomic mass is 9.72. The Hall–Kier alpha value is -5.84. The van der Waals surface area contributed by atoms with E-state index in [0.717, 1.165) is 56.4 Å². The SMILES string of the molecule is CC1CC1C(=O)N[C@H]1Cc2ccc3c(c2)[C@]24c5cccc(c5NC2O3)-c2cccc3[nH]cc(c23)-c2cnc(o2)-c2nc(oc24)[C@H](C(C)C)NC1=O. The van der Waals surface area contributed by atoms with Crippen molar-refractivity contribution in [2.75, 3.05) is 5.32 Å². The van der Waals surface area contributed by atoms with Crippen LogP contribution in [0.15, 0.2) is 75.8 Å². The van der Waals surface area contributed by atoms with Crippen LogP contribution in [-0.4, -0.2) is 39.0 Å². The zero-order valence-electron chi connectivity index (χ0n) is 28.2. The largest absolute Gasteiger partial charge is 0.469 e. The zero-order chi connectivity index (χ0) is 34.3. The van der Waals surface area contributed by atoms with Crippen LogP contribution in [0, 0.1) is 17.8 Å². The van der Waals surface area contributed by atoms with Gasteiger partial charge in [-0.25, -0.2) is 9.97 Å². The maximum absolute atomic E-state index is 14.2. The Labute approximate surface area is 292 Å². The number of para-hydroxylation sites is 1. The molecule has 2 amide bonds. The van der Waals surface area contributed by atoms with Crippen LogP contribution < -0.4 is 20.7 Å². The van der Waals surface area contributed by atoms with Crippen molar-refractivity contribution >= 4 is 28.4 Å². The minimum atomic E-state index is -1.01. The number of H-pyrrole nitrogens is 1. The third-order valence-electron chi connectivity index (χ3n) is 11.6. The Morgan fingerprint density at radius 3 is 2.71 bits per heavy atom. The zero-order valence-corrected chi connectivity index (χ0v) is 28.2. The van der Waals surface area contributed by atoms with E-state index in [0.29, 0.717) is 47.1 Å². The second-order valence-corrected chi connectivity index (χ2v) is 15.0. The van der Waals surface area contributed by atoms with Crippen LogP contribution in [0.25, 0.3) is 44.9 Å². The monoisotopic (exact) mass is 678 g/mol. The lowest BCUT2D eigenvalue weighted by Gasteiger charge is -2.29. The molecule has 254 valence electrons. The molecule has 0 saturated heterocycles. The molecule has 10 bridgehead atoms. The van der Waals surface area contributed by atoms with Gasteiger partial charge >= 0.3 is 0 Å². The highest BCUT2D eigenvalue weighted by molar-refractivity contribution is 6.07. The fourth-order valence-electron chi connectivity index (χ4n) is 8.82. The van der Waals surface area contributed by atoms with Gasteiger partial charge in [0.1, 0.15) is 23.2 Å². The molecule has 3 aromatic carbocycles. The van der Waals surface area contributed by atoms with Crippen LogP contribution in [-0.2, 0) is 21.4 Å². The Kier molecular flexibility index (Phi) is 5.62. The summed E-state index contributed by atoms with van der Waals surface area (Å²) in [5.74, 6) is 2.18. The van der Waals surface area contributed by atoms with Crippen LogP contribution in [0.2, 0.25) is 0 Å². The Balaban J connectivity index is 1.22. The van der Waals surface area contributed by atoms with Crippen molar-refractivity contribution in [3.05, 3.63) is 95.3 Å². The standard InChI is InChI=1S/C40H34N6O5/c1-17(2)31-38-45-33-34(51-38)40-24-8-4-7-21(20-6-5-9-26-30(20)23(15-41-26)29-16-42-37(33)49-29)32(24)46-39(40)50-28-11-10-19(13-25(28)40)14-27(36(48)44-31)43-35(47)22-12-18(22)3/h4-11,13,15-18,22,27,31,39,41,46H,12,14H2,1-3H3,(H,43,47)(H,44,48)/t18?,22?,27-,31-,39?,40-/m0/s1. The predicted octanol–water partition coefficient (Wildman–Crippen LogP) is 6.45. The summed E-state index contributed by atoms with van der Waals surface area (Å²) in [5, 5.41) is 11.1. The first kappa shape index (κ1) is 28.9. The summed E-state index contributed by atoms with van der Waals surface area (Å²) in [5.41, 5.74) is 7.02. The van der Waals surface area contributed by atoms with Gasteiger partial charge in [-0.3, -0.25) is 9.59 Å². The van der Waals surface area contributed by atoms with Crippen molar-refractivity contribution < 1.29 is 23.2 Å². The number of aromatic amines is 1. The second kappa shape index (κ2) is 9.90. The van der Waals surface area contributed by atoms with Crippen LogP contribution in [0.5, 0.6) is 5.75 Å². The van der Waals surface area contributed by atoms with Gasteiger partial charge in [0, 0.05) is 57.4 Å². The van der Waals surface area contributed by atoms with Crippen LogP contribution in [0.3, 0.4) is 0 Å². The van der Waals surface area contributed by atoms with Crippen molar-refractivity contribution in [3.63, 3.8) is 0 Å². The molecular formula is C40H34N6O5. The number of nitrogens with zero attached hydrogens (tertiary/aromatic N) is 2. The van der Waals surface area contributed by atoms with E-state index >= 15 is 0 Å². The number of fused-ring (bicyclic) bond motifs is 7. The third kappa shape index (κ3) is 3.83. The van der Waals surface area contributed by atoms with E-state index in [9.17, 15) is 9.59 Å². The van der Waals surface area contributed by atoms with Gasteiger partial charge in [-0.05, 0) is 41.5 Å². The van der Waals surface area contributed by atoms with E-state index in [1.54, 1.807) is 6.20 Å². The molecule has 3 aromatic heterocycles. The fourth-order valence-corrected chi connectivity index (χ4v) is 8.82. The molecule has 3 unspecified atom stereocenters. The molecule has 6 aromatic rings. The lowest BCUT2D eigenvalue weighted by Crippen LogP contribution is -2.50. The summed E-state index contributed by atoms with van der Waals surface area (Å²) < 4.78 is 20.5. The second-order valence-electron chi connectivity index (χ2n) is 15.0. The van der Waals surface area contributed by atoms with Gasteiger partial charge < -0.3 is 34.5 Å². The summed E-state index contributed by atoms with van der Waals surface area (Å²) in [6.45, 7) is 6.08. The number of hydrogen-bond acceptors (Lipinski definition) is 8. The lowest BCUT2D eigenvalue weighted by molar-refractivity contribution is -0.130. The summed E-state index contributed by atoms with van der Waals surface area (Å²) in [6, 6.07) is 17.2. The number of nitrogens with one attached hydrogen (secondary N) is 4. The summed E-state index contributed by atoms with van der Waals surface area (Å²) >= 11 is 0. The summed E-state index contributed by atoms with van der Waals surface area (Å²) in [7, 11) is 0. The maximum atomic E-state index is 14.2. The van der Waals surface area contributed by atoms with Crippen molar-refractivity contribution in [1.29, 1.82) is 0 Å². The van der Waals surface area contributed by atoms with Crippen molar-refractivity contribution in [1.82, 2.24) is 25.6 Å². The normalized spacial score (nSPS) is 26.0. The molecule has 1 spiro atoms. The van der Waals surface area contributed by atoms with E-state index < -0.39 is 23.7 Å². The molecule has 0 radical (unpaired) electrons. The fraction of sp³-hybridized carbons (Fsp3) is 0.300. The number of rotatable bonds is 3. The number of aromatic nitrogens is 3. The first-order valence-electron chi connectivity index (χ1n) is 17.7. The Morgan fingerprint density at radius 2 is 1.86 bits per heavy atom. The predicted molar refractivity (Wildman–Crippen MR) is 188 cm³/mol. The highest BCUT2D eigenvalue weighted by Crippen LogP contribution is 2.61. The average Bonchev–Trinajstić information content (AvgIpc) is 3.67. The molecule has 4 N–H and O–H groups in total. The number of oxazole rings is 2. The molecule has 11 rings (SSSR count). The highest BCUT2D eigenvalue weighted by Gasteiger charge is 2.61. The van der Waals surface area contributed by atoms with Crippen LogP contribution >= 0.6 is 0 Å². The summed E-state index contributed by atoms with van der Waals surface area (Å²) in [6.07, 6.45) is 4.22. The van der Waals surface area contributed by atoms with E-state index in [1.807, 2.05) is 32.2 Å². The number of benzene rings is 3. The van der Waals surface area contributed by atoms with Gasteiger partial charge in [-0.1, -0.05) is 63.2 Å². The van der Waals surface area contributed by atoms with E-state index in [4.69, 9.17) is 23.5 Å². The number of carbonyl (C=O) groups excluding carboxylic acids is 2. The number of carbonyl (C=O) groups is 2. The first-order valence-corrected chi connectivity index (χ1v) is 17.7. The van der Waals surface area contributed by atoms with Crippen molar-refractivity contribution in [2.45, 2.75) is 57.3 Å². The molecule has 4 aliphatic heterocycles. The molecule has 1 fully saturated rings. The van der Waals surface area contributed by atoms with Crippen LogP contribution in [0.4, 0.5) is 5.69 Å². The molecule has 1 aliphatic carbocycles. The van der Waals surface area contributed by atoms with Gasteiger partial charge in [0.25, 0.3) is 0 Å². The average molecular weight is 679 g/mol. The highest BCUT2D eigenvalue weighted by atomic mass is 16.5. The smallest absolute Gasteiger partial charge is 0.249 e. The van der Waals surface area contributed by atoms with E-state index in [2.05, 4.69) is 70.3 Å². The minimum absolute atomic E-state index is 0.0781. The van der Waals surface area contributed by atoms with Gasteiger partial charge in [-0.15, -0.1) is 0 Å². The van der Waals surface area contributed by atoms with Gasteiger partial charge in [0.15, 0.2) is 23.4 Å².